The minimum absolute atomic E-state index is 0.0433. The van der Waals surface area contributed by atoms with Crippen LogP contribution in [0, 0.1) is 5.92 Å². The van der Waals surface area contributed by atoms with Crippen LogP contribution < -0.4 is 5.32 Å². The molecule has 1 aromatic heterocycles. The topological polar surface area (TPSA) is 55.1 Å². The van der Waals surface area contributed by atoms with Crippen LogP contribution in [-0.4, -0.2) is 10.9 Å². The Bertz CT molecular complexity index is 251. The number of carbonyl (C=O) groups is 1. The van der Waals surface area contributed by atoms with Crippen molar-refractivity contribution in [2.45, 2.75) is 12.8 Å². The van der Waals surface area contributed by atoms with Gasteiger partial charge < -0.3 is 4.42 Å². The van der Waals surface area contributed by atoms with Gasteiger partial charge in [0, 0.05) is 5.92 Å². The van der Waals surface area contributed by atoms with E-state index in [2.05, 4.69) is 10.3 Å². The molecule has 0 unspecified atom stereocenters. The second kappa shape index (κ2) is 2.38. The van der Waals surface area contributed by atoms with E-state index in [1.165, 1.54) is 12.6 Å². The van der Waals surface area contributed by atoms with Gasteiger partial charge in [-0.2, -0.15) is 0 Å². The number of oxazole rings is 1. The number of aromatic nitrogens is 1. The second-order valence-electron chi connectivity index (χ2n) is 2.63. The molecule has 0 bridgehead atoms. The monoisotopic (exact) mass is 152 g/mol. The maximum atomic E-state index is 11.1. The van der Waals surface area contributed by atoms with Crippen molar-refractivity contribution in [2.24, 2.45) is 5.92 Å². The fourth-order valence-corrected chi connectivity index (χ4v) is 0.847. The third-order valence-corrected chi connectivity index (χ3v) is 1.63. The van der Waals surface area contributed by atoms with Crippen LogP contribution in [0.15, 0.2) is 17.0 Å². The minimum atomic E-state index is 0.0433. The SMILES string of the molecule is O=C(Nc1cnco1)C1CC1. The van der Waals surface area contributed by atoms with E-state index in [1.54, 1.807) is 0 Å². The summed E-state index contributed by atoms with van der Waals surface area (Å²) in [5, 5.41) is 2.62. The van der Waals surface area contributed by atoms with E-state index < -0.39 is 0 Å². The number of anilines is 1. The van der Waals surface area contributed by atoms with Crippen LogP contribution in [0.1, 0.15) is 12.8 Å². The predicted molar refractivity (Wildman–Crippen MR) is 37.9 cm³/mol. The van der Waals surface area contributed by atoms with Crippen molar-refractivity contribution in [2.75, 3.05) is 5.32 Å². The van der Waals surface area contributed by atoms with Crippen LogP contribution in [0.4, 0.5) is 5.88 Å². The van der Waals surface area contributed by atoms with E-state index in [1.807, 2.05) is 0 Å². The van der Waals surface area contributed by atoms with Gasteiger partial charge in [0.1, 0.15) is 0 Å². The van der Waals surface area contributed by atoms with E-state index in [4.69, 9.17) is 4.42 Å². The Morgan fingerprint density at radius 2 is 2.55 bits per heavy atom. The molecule has 1 fully saturated rings. The van der Waals surface area contributed by atoms with Gasteiger partial charge in [0.25, 0.3) is 0 Å². The van der Waals surface area contributed by atoms with Gasteiger partial charge in [0.2, 0.25) is 11.8 Å². The smallest absolute Gasteiger partial charge is 0.229 e. The molecular weight excluding hydrogens is 144 g/mol. The van der Waals surface area contributed by atoms with Crippen LogP contribution in [-0.2, 0) is 4.79 Å². The summed E-state index contributed by atoms with van der Waals surface area (Å²) in [6, 6.07) is 0. The highest BCUT2D eigenvalue weighted by Gasteiger charge is 2.29. The number of hydrogen-bond acceptors (Lipinski definition) is 3. The molecule has 0 saturated heterocycles. The Morgan fingerprint density at radius 3 is 3.09 bits per heavy atom. The lowest BCUT2D eigenvalue weighted by molar-refractivity contribution is -0.117. The van der Waals surface area contributed by atoms with E-state index in [-0.39, 0.29) is 11.8 Å². The Hall–Kier alpha value is -1.32. The average molecular weight is 152 g/mol. The van der Waals surface area contributed by atoms with E-state index in [0.29, 0.717) is 5.88 Å². The van der Waals surface area contributed by atoms with Crippen molar-refractivity contribution in [3.63, 3.8) is 0 Å². The van der Waals surface area contributed by atoms with Crippen molar-refractivity contribution < 1.29 is 9.21 Å². The third kappa shape index (κ3) is 1.39. The lowest BCUT2D eigenvalue weighted by Crippen LogP contribution is -2.12. The first-order valence-corrected chi connectivity index (χ1v) is 3.55. The molecule has 0 radical (unpaired) electrons. The molecule has 1 heterocycles. The van der Waals surface area contributed by atoms with E-state index >= 15 is 0 Å². The summed E-state index contributed by atoms with van der Waals surface area (Å²) in [5.41, 5.74) is 0. The molecule has 1 amide bonds. The zero-order chi connectivity index (χ0) is 7.68. The zero-order valence-electron chi connectivity index (χ0n) is 5.91. The molecule has 58 valence electrons. The standard InChI is InChI=1S/C7H8N2O2/c10-7(5-1-2-5)9-6-3-8-4-11-6/h3-5H,1-2H2,(H,9,10). The molecule has 1 N–H and O–H groups in total. The van der Waals surface area contributed by atoms with Crippen LogP contribution in [0.2, 0.25) is 0 Å². The number of hydrogen-bond donors (Lipinski definition) is 1. The van der Waals surface area contributed by atoms with E-state index in [9.17, 15) is 4.79 Å². The van der Waals surface area contributed by atoms with Crippen molar-refractivity contribution in [3.8, 4) is 0 Å². The molecule has 11 heavy (non-hydrogen) atoms. The van der Waals surface area contributed by atoms with Crippen molar-refractivity contribution in [1.82, 2.24) is 4.98 Å². The number of amides is 1. The van der Waals surface area contributed by atoms with Crippen LogP contribution in [0.5, 0.6) is 0 Å². The minimum Gasteiger partial charge on any atom is -0.428 e. The van der Waals surface area contributed by atoms with Crippen LogP contribution in [0.25, 0.3) is 0 Å². The van der Waals surface area contributed by atoms with Crippen molar-refractivity contribution in [3.05, 3.63) is 12.6 Å². The Labute approximate surface area is 63.6 Å². The first-order chi connectivity index (χ1) is 5.36. The molecule has 1 aromatic rings. The largest absolute Gasteiger partial charge is 0.428 e. The molecule has 0 aromatic carbocycles. The molecule has 0 spiro atoms. The Balaban J connectivity index is 1.94. The van der Waals surface area contributed by atoms with Crippen molar-refractivity contribution in [1.29, 1.82) is 0 Å². The highest BCUT2D eigenvalue weighted by molar-refractivity contribution is 5.92. The summed E-state index contributed by atoms with van der Waals surface area (Å²) in [6.45, 7) is 0. The van der Waals surface area contributed by atoms with Gasteiger partial charge in [-0.25, -0.2) is 4.98 Å². The van der Waals surface area contributed by atoms with Gasteiger partial charge in [0.15, 0.2) is 6.39 Å². The third-order valence-electron chi connectivity index (χ3n) is 1.63. The highest BCUT2D eigenvalue weighted by atomic mass is 16.4. The molecule has 0 aliphatic heterocycles. The second-order valence-corrected chi connectivity index (χ2v) is 2.63. The van der Waals surface area contributed by atoms with Crippen molar-refractivity contribution >= 4 is 11.8 Å². The average Bonchev–Trinajstić information content (AvgIpc) is 2.73. The molecule has 1 aliphatic carbocycles. The summed E-state index contributed by atoms with van der Waals surface area (Å²) in [7, 11) is 0. The summed E-state index contributed by atoms with van der Waals surface area (Å²) in [6.07, 6.45) is 4.78. The normalized spacial score (nSPS) is 16.4. The van der Waals surface area contributed by atoms with Crippen LogP contribution >= 0.6 is 0 Å². The number of carbonyl (C=O) groups excluding carboxylic acids is 1. The van der Waals surface area contributed by atoms with Gasteiger partial charge in [-0.1, -0.05) is 0 Å². The molecule has 4 heteroatoms. The zero-order valence-corrected chi connectivity index (χ0v) is 5.91. The number of nitrogens with one attached hydrogen (secondary N) is 1. The summed E-state index contributed by atoms with van der Waals surface area (Å²) >= 11 is 0. The first-order valence-electron chi connectivity index (χ1n) is 3.55. The van der Waals surface area contributed by atoms with E-state index in [0.717, 1.165) is 12.8 Å². The summed E-state index contributed by atoms with van der Waals surface area (Å²) in [5.74, 6) is 0.684. The predicted octanol–water partition coefficient (Wildman–Crippen LogP) is 1.02. The maximum Gasteiger partial charge on any atom is 0.229 e. The number of nitrogens with zero attached hydrogens (tertiary/aromatic N) is 1. The van der Waals surface area contributed by atoms with Gasteiger partial charge in [-0.3, -0.25) is 10.1 Å². The molecule has 4 nitrogen and oxygen atoms in total. The first kappa shape index (κ1) is 6.39. The van der Waals surface area contributed by atoms with Gasteiger partial charge in [-0.15, -0.1) is 0 Å². The van der Waals surface area contributed by atoms with Gasteiger partial charge >= 0.3 is 0 Å². The van der Waals surface area contributed by atoms with Crippen LogP contribution in [0.3, 0.4) is 0 Å². The summed E-state index contributed by atoms with van der Waals surface area (Å²) in [4.78, 5) is 14.7. The number of rotatable bonds is 2. The highest BCUT2D eigenvalue weighted by Crippen LogP contribution is 2.29. The summed E-state index contributed by atoms with van der Waals surface area (Å²) < 4.78 is 4.84. The molecule has 2 rings (SSSR count). The lowest BCUT2D eigenvalue weighted by atomic mass is 10.4. The molecule has 1 aliphatic rings. The quantitative estimate of drug-likeness (QED) is 0.688. The fourth-order valence-electron chi connectivity index (χ4n) is 0.847. The molecule has 1 saturated carbocycles. The van der Waals surface area contributed by atoms with Gasteiger partial charge in [0.05, 0.1) is 6.20 Å². The Morgan fingerprint density at radius 1 is 1.73 bits per heavy atom. The molecule has 0 atom stereocenters. The Kier molecular flexibility index (Phi) is 1.38. The maximum absolute atomic E-state index is 11.1. The molecular formula is C7H8N2O2. The van der Waals surface area contributed by atoms with Gasteiger partial charge in [-0.05, 0) is 12.8 Å². The fraction of sp³-hybridized carbons (Fsp3) is 0.429. The lowest BCUT2D eigenvalue weighted by Gasteiger charge is -1.96.